The summed E-state index contributed by atoms with van der Waals surface area (Å²) in [6.45, 7) is 1.52. The summed E-state index contributed by atoms with van der Waals surface area (Å²) < 4.78 is 0. The van der Waals surface area contributed by atoms with E-state index in [1.807, 2.05) is 30.3 Å². The highest BCUT2D eigenvalue weighted by Crippen LogP contribution is 2.27. The molecule has 1 heterocycles. The minimum atomic E-state index is 0.0142. The molecule has 106 valence electrons. The summed E-state index contributed by atoms with van der Waals surface area (Å²) >= 11 is 0. The molecule has 0 saturated carbocycles. The topological polar surface area (TPSA) is 78.7 Å². The zero-order valence-corrected chi connectivity index (χ0v) is 11.9. The molecule has 0 unspecified atom stereocenters. The van der Waals surface area contributed by atoms with Gasteiger partial charge in [-0.05, 0) is 37.3 Å². The third-order valence-corrected chi connectivity index (χ3v) is 3.33. The smallest absolute Gasteiger partial charge is 0.187 e. The number of nitrogens with one attached hydrogen (secondary N) is 1. The summed E-state index contributed by atoms with van der Waals surface area (Å²) in [6, 6.07) is 16.6. The van der Waals surface area contributed by atoms with Crippen LogP contribution in [0, 0.1) is 11.3 Å². The van der Waals surface area contributed by atoms with Crippen LogP contribution in [0.25, 0.3) is 10.9 Å². The quantitative estimate of drug-likeness (QED) is 0.747. The molecule has 0 spiro atoms. The van der Waals surface area contributed by atoms with Crippen molar-refractivity contribution in [3.63, 3.8) is 0 Å². The standard InChI is InChI=1S/C17H12N4O/c1-11(22)12-6-8-13(9-7-12)19-17-14-4-2-3-5-15(14)20-21-16(17)10-18/h2-9H,1H3,(H,19,20). The monoisotopic (exact) mass is 288 g/mol. The average molecular weight is 288 g/mol. The fraction of sp³-hybridized carbons (Fsp3) is 0.0588. The lowest BCUT2D eigenvalue weighted by Crippen LogP contribution is -2.00. The summed E-state index contributed by atoms with van der Waals surface area (Å²) in [5, 5.41) is 21.2. The van der Waals surface area contributed by atoms with Crippen molar-refractivity contribution in [3.05, 3.63) is 59.8 Å². The Kier molecular flexibility index (Phi) is 3.50. The predicted octanol–water partition coefficient (Wildman–Crippen LogP) is 3.45. The Morgan fingerprint density at radius 3 is 2.50 bits per heavy atom. The van der Waals surface area contributed by atoms with Crippen LogP contribution in [-0.2, 0) is 0 Å². The number of hydrogen-bond donors (Lipinski definition) is 1. The summed E-state index contributed by atoms with van der Waals surface area (Å²) in [5.41, 5.74) is 2.98. The van der Waals surface area contributed by atoms with Crippen molar-refractivity contribution in [2.24, 2.45) is 0 Å². The van der Waals surface area contributed by atoms with Gasteiger partial charge in [-0.3, -0.25) is 4.79 Å². The lowest BCUT2D eigenvalue weighted by Gasteiger charge is -2.10. The van der Waals surface area contributed by atoms with Crippen molar-refractivity contribution >= 4 is 28.1 Å². The van der Waals surface area contributed by atoms with Crippen molar-refractivity contribution in [2.75, 3.05) is 5.32 Å². The molecule has 0 saturated heterocycles. The number of nitriles is 1. The Morgan fingerprint density at radius 2 is 1.82 bits per heavy atom. The van der Waals surface area contributed by atoms with E-state index in [1.54, 1.807) is 24.3 Å². The molecule has 0 fully saturated rings. The van der Waals surface area contributed by atoms with Gasteiger partial charge >= 0.3 is 0 Å². The van der Waals surface area contributed by atoms with Crippen LogP contribution in [0.15, 0.2) is 48.5 Å². The van der Waals surface area contributed by atoms with E-state index in [0.29, 0.717) is 16.8 Å². The zero-order chi connectivity index (χ0) is 15.5. The second-order valence-electron chi connectivity index (χ2n) is 4.81. The van der Waals surface area contributed by atoms with Gasteiger partial charge in [-0.1, -0.05) is 18.2 Å². The summed E-state index contributed by atoms with van der Waals surface area (Å²) in [5.74, 6) is 0.0142. The lowest BCUT2D eigenvalue weighted by molar-refractivity contribution is 0.101. The van der Waals surface area contributed by atoms with Gasteiger partial charge in [-0.2, -0.15) is 5.26 Å². The lowest BCUT2D eigenvalue weighted by atomic mass is 10.1. The van der Waals surface area contributed by atoms with E-state index in [-0.39, 0.29) is 11.5 Å². The number of hydrogen-bond acceptors (Lipinski definition) is 5. The highest BCUT2D eigenvalue weighted by molar-refractivity contribution is 5.96. The molecular weight excluding hydrogens is 276 g/mol. The van der Waals surface area contributed by atoms with E-state index in [0.717, 1.165) is 11.1 Å². The number of Topliss-reactive ketones (excluding diaryl/α,β-unsaturated/α-hetero) is 1. The minimum Gasteiger partial charge on any atom is -0.353 e. The number of ketones is 1. The second-order valence-corrected chi connectivity index (χ2v) is 4.81. The van der Waals surface area contributed by atoms with E-state index < -0.39 is 0 Å². The van der Waals surface area contributed by atoms with E-state index in [1.165, 1.54) is 6.92 Å². The van der Waals surface area contributed by atoms with Crippen molar-refractivity contribution in [1.82, 2.24) is 10.2 Å². The molecule has 0 aliphatic rings. The van der Waals surface area contributed by atoms with Crippen LogP contribution < -0.4 is 5.32 Å². The van der Waals surface area contributed by atoms with Crippen LogP contribution in [-0.4, -0.2) is 16.0 Å². The number of aromatic nitrogens is 2. The maximum atomic E-state index is 11.3. The van der Waals surface area contributed by atoms with Gasteiger partial charge in [0.05, 0.1) is 11.2 Å². The Hall–Kier alpha value is -3.26. The van der Waals surface area contributed by atoms with Crippen molar-refractivity contribution in [1.29, 1.82) is 5.26 Å². The molecule has 22 heavy (non-hydrogen) atoms. The fourth-order valence-electron chi connectivity index (χ4n) is 2.19. The number of fused-ring (bicyclic) bond motifs is 1. The Balaban J connectivity index is 2.06. The molecule has 0 amide bonds. The number of nitrogens with zero attached hydrogens (tertiary/aromatic N) is 3. The molecule has 5 nitrogen and oxygen atoms in total. The van der Waals surface area contributed by atoms with Crippen molar-refractivity contribution in [3.8, 4) is 6.07 Å². The van der Waals surface area contributed by atoms with Crippen LogP contribution in [0.1, 0.15) is 23.0 Å². The summed E-state index contributed by atoms with van der Waals surface area (Å²) in [7, 11) is 0. The molecule has 0 bridgehead atoms. The largest absolute Gasteiger partial charge is 0.353 e. The fourth-order valence-corrected chi connectivity index (χ4v) is 2.19. The Morgan fingerprint density at radius 1 is 1.09 bits per heavy atom. The van der Waals surface area contributed by atoms with Gasteiger partial charge in [-0.25, -0.2) is 0 Å². The summed E-state index contributed by atoms with van der Waals surface area (Å²) in [6.07, 6.45) is 0. The molecule has 0 aliphatic heterocycles. The SMILES string of the molecule is CC(=O)c1ccc(Nc2c(C#N)nnc3ccccc23)cc1. The van der Waals surface area contributed by atoms with Crippen LogP contribution >= 0.6 is 0 Å². The minimum absolute atomic E-state index is 0.0142. The highest BCUT2D eigenvalue weighted by atomic mass is 16.1. The van der Waals surface area contributed by atoms with E-state index in [4.69, 9.17) is 0 Å². The van der Waals surface area contributed by atoms with Gasteiger partial charge in [0, 0.05) is 16.6 Å². The first-order chi connectivity index (χ1) is 10.7. The molecule has 3 rings (SSSR count). The van der Waals surface area contributed by atoms with Crippen LogP contribution in [0.2, 0.25) is 0 Å². The van der Waals surface area contributed by atoms with Crippen LogP contribution in [0.4, 0.5) is 11.4 Å². The second kappa shape index (κ2) is 5.62. The van der Waals surface area contributed by atoms with Gasteiger partial charge in [-0.15, -0.1) is 10.2 Å². The predicted molar refractivity (Wildman–Crippen MR) is 84.0 cm³/mol. The van der Waals surface area contributed by atoms with Gasteiger partial charge in [0.15, 0.2) is 11.5 Å². The third kappa shape index (κ3) is 2.50. The molecule has 3 aromatic rings. The maximum Gasteiger partial charge on any atom is 0.187 e. The van der Waals surface area contributed by atoms with E-state index in [2.05, 4.69) is 15.5 Å². The Labute approximate surface area is 127 Å². The first-order valence-corrected chi connectivity index (χ1v) is 6.72. The van der Waals surface area contributed by atoms with Crippen LogP contribution in [0.5, 0.6) is 0 Å². The Bertz CT molecular complexity index is 895. The van der Waals surface area contributed by atoms with Gasteiger partial charge in [0.1, 0.15) is 6.07 Å². The number of carbonyl (C=O) groups excluding carboxylic acids is 1. The van der Waals surface area contributed by atoms with E-state index in [9.17, 15) is 10.1 Å². The molecule has 0 aliphatic carbocycles. The molecule has 0 radical (unpaired) electrons. The first kappa shape index (κ1) is 13.7. The van der Waals surface area contributed by atoms with Crippen molar-refractivity contribution < 1.29 is 4.79 Å². The van der Waals surface area contributed by atoms with Gasteiger partial charge < -0.3 is 5.32 Å². The summed E-state index contributed by atoms with van der Waals surface area (Å²) in [4.78, 5) is 11.3. The molecule has 5 heteroatoms. The molecule has 1 aromatic heterocycles. The zero-order valence-electron chi connectivity index (χ0n) is 11.9. The normalized spacial score (nSPS) is 10.2. The number of rotatable bonds is 3. The third-order valence-electron chi connectivity index (χ3n) is 3.33. The number of carbonyl (C=O) groups is 1. The molecular formula is C17H12N4O. The first-order valence-electron chi connectivity index (χ1n) is 6.72. The number of anilines is 2. The highest BCUT2D eigenvalue weighted by Gasteiger charge is 2.10. The average Bonchev–Trinajstić information content (AvgIpc) is 2.55. The molecule has 0 atom stereocenters. The molecule has 2 aromatic carbocycles. The van der Waals surface area contributed by atoms with E-state index >= 15 is 0 Å². The number of benzene rings is 2. The van der Waals surface area contributed by atoms with Gasteiger partial charge in [0.2, 0.25) is 0 Å². The molecule has 1 N–H and O–H groups in total. The van der Waals surface area contributed by atoms with Crippen LogP contribution in [0.3, 0.4) is 0 Å². The van der Waals surface area contributed by atoms with Gasteiger partial charge in [0.25, 0.3) is 0 Å². The van der Waals surface area contributed by atoms with Crippen molar-refractivity contribution in [2.45, 2.75) is 6.92 Å². The maximum absolute atomic E-state index is 11.3.